The summed E-state index contributed by atoms with van der Waals surface area (Å²) in [6, 6.07) is 14.5. The van der Waals surface area contributed by atoms with Crippen LogP contribution in [0.5, 0.6) is 0 Å². The van der Waals surface area contributed by atoms with Crippen molar-refractivity contribution < 1.29 is 24.6 Å². The highest BCUT2D eigenvalue weighted by Crippen LogP contribution is 2.49. The maximum atomic E-state index is 12.1. The van der Waals surface area contributed by atoms with Crippen LogP contribution in [0.15, 0.2) is 64.4 Å². The van der Waals surface area contributed by atoms with E-state index in [-0.39, 0.29) is 5.78 Å². The third kappa shape index (κ3) is 6.97. The molecule has 1 aliphatic heterocycles. The number of nitrogens with zero attached hydrogens (tertiary/aromatic N) is 2. The van der Waals surface area contributed by atoms with Crippen LogP contribution in [0.3, 0.4) is 0 Å². The summed E-state index contributed by atoms with van der Waals surface area (Å²) in [7, 11) is 4.18. The van der Waals surface area contributed by atoms with Gasteiger partial charge in [-0.2, -0.15) is 0 Å². The maximum Gasteiger partial charge on any atom is 0.328 e. The summed E-state index contributed by atoms with van der Waals surface area (Å²) < 4.78 is 0. The zero-order valence-corrected chi connectivity index (χ0v) is 18.6. The average Bonchev–Trinajstić information content (AvgIpc) is 2.71. The molecular weight excluding hydrogens is 416 g/mol. The molecule has 0 fully saturated rings. The molecule has 0 atom stereocenters. The summed E-state index contributed by atoms with van der Waals surface area (Å²) in [6.45, 7) is 3.59. The molecule has 3 rings (SSSR count). The summed E-state index contributed by atoms with van der Waals surface area (Å²) >= 11 is 1.75. The van der Waals surface area contributed by atoms with Gasteiger partial charge in [0, 0.05) is 34.1 Å². The Morgan fingerprint density at radius 2 is 1.58 bits per heavy atom. The Kier molecular flexibility index (Phi) is 8.84. The SMILES string of the molecule is CC(=O)c1cccc2c1N(CCCN(C)C)c1ccccc1S2.O=C(O)/C=C\C(=O)O. The molecule has 0 aliphatic carbocycles. The van der Waals surface area contributed by atoms with Gasteiger partial charge in [0.1, 0.15) is 0 Å². The van der Waals surface area contributed by atoms with Crippen molar-refractivity contribution in [3.05, 3.63) is 60.2 Å². The molecule has 0 bridgehead atoms. The smallest absolute Gasteiger partial charge is 0.328 e. The quantitative estimate of drug-likeness (QED) is 0.487. The minimum atomic E-state index is -1.26. The molecule has 0 spiro atoms. The van der Waals surface area contributed by atoms with Gasteiger partial charge in [0.25, 0.3) is 0 Å². The number of carbonyl (C=O) groups excluding carboxylic acids is 1. The van der Waals surface area contributed by atoms with Crippen LogP contribution < -0.4 is 4.90 Å². The monoisotopic (exact) mass is 442 g/mol. The minimum absolute atomic E-state index is 0.124. The Labute approximate surface area is 186 Å². The van der Waals surface area contributed by atoms with Gasteiger partial charge in [-0.1, -0.05) is 30.0 Å². The molecule has 8 heteroatoms. The first kappa shape index (κ1) is 24.2. The van der Waals surface area contributed by atoms with E-state index < -0.39 is 11.9 Å². The molecule has 2 aromatic carbocycles. The van der Waals surface area contributed by atoms with Gasteiger partial charge >= 0.3 is 11.9 Å². The van der Waals surface area contributed by atoms with Crippen LogP contribution in [0.4, 0.5) is 11.4 Å². The van der Waals surface area contributed by atoms with Crippen LogP contribution in [-0.2, 0) is 9.59 Å². The number of carboxylic acid groups (broad SMARTS) is 2. The molecule has 0 aromatic heterocycles. The molecule has 31 heavy (non-hydrogen) atoms. The molecule has 2 N–H and O–H groups in total. The minimum Gasteiger partial charge on any atom is -0.478 e. The second-order valence-electron chi connectivity index (χ2n) is 7.10. The van der Waals surface area contributed by atoms with E-state index in [1.54, 1.807) is 18.7 Å². The lowest BCUT2D eigenvalue weighted by Crippen LogP contribution is -2.26. The summed E-state index contributed by atoms with van der Waals surface area (Å²) in [6.07, 6.45) is 2.17. The predicted molar refractivity (Wildman–Crippen MR) is 122 cm³/mol. The predicted octanol–water partition coefficient (Wildman–Crippen LogP) is 4.16. The van der Waals surface area contributed by atoms with E-state index in [0.717, 1.165) is 30.8 Å². The fourth-order valence-corrected chi connectivity index (χ4v) is 4.22. The van der Waals surface area contributed by atoms with Gasteiger partial charge in [0.05, 0.1) is 11.4 Å². The van der Waals surface area contributed by atoms with E-state index in [9.17, 15) is 14.4 Å². The lowest BCUT2D eigenvalue weighted by Gasteiger charge is -2.34. The Balaban J connectivity index is 0.000000366. The first-order valence-corrected chi connectivity index (χ1v) is 10.5. The van der Waals surface area contributed by atoms with Crippen LogP contribution in [0, 0.1) is 0 Å². The Morgan fingerprint density at radius 3 is 2.16 bits per heavy atom. The van der Waals surface area contributed by atoms with Gasteiger partial charge in [0.2, 0.25) is 0 Å². The van der Waals surface area contributed by atoms with Crippen molar-refractivity contribution in [2.24, 2.45) is 0 Å². The van der Waals surface area contributed by atoms with Crippen LogP contribution in [0.1, 0.15) is 23.7 Å². The topological polar surface area (TPSA) is 98.2 Å². The number of Topliss-reactive ketones (excluding diaryl/α,β-unsaturated/α-hetero) is 1. The van der Waals surface area contributed by atoms with E-state index in [4.69, 9.17) is 10.2 Å². The van der Waals surface area contributed by atoms with E-state index in [1.165, 1.54) is 15.5 Å². The molecule has 0 amide bonds. The number of benzene rings is 2. The number of fused-ring (bicyclic) bond motifs is 2. The lowest BCUT2D eigenvalue weighted by molar-refractivity contribution is -0.134. The summed E-state index contributed by atoms with van der Waals surface area (Å²) in [4.78, 5) is 38.2. The largest absolute Gasteiger partial charge is 0.478 e. The first-order valence-electron chi connectivity index (χ1n) is 9.67. The highest BCUT2D eigenvalue weighted by Gasteiger charge is 2.26. The second kappa shape index (κ2) is 11.3. The van der Waals surface area contributed by atoms with E-state index in [0.29, 0.717) is 12.2 Å². The van der Waals surface area contributed by atoms with E-state index >= 15 is 0 Å². The number of carbonyl (C=O) groups is 3. The number of anilines is 2. The highest BCUT2D eigenvalue weighted by atomic mass is 32.2. The number of carboxylic acids is 2. The normalized spacial score (nSPS) is 12.1. The lowest BCUT2D eigenvalue weighted by atomic mass is 10.1. The number of hydrogen-bond donors (Lipinski definition) is 2. The Hall–Kier alpha value is -3.10. The van der Waals surface area contributed by atoms with Crippen molar-refractivity contribution in [1.29, 1.82) is 0 Å². The Bertz CT molecular complexity index is 972. The fourth-order valence-electron chi connectivity index (χ4n) is 3.09. The average molecular weight is 443 g/mol. The molecule has 1 heterocycles. The summed E-state index contributed by atoms with van der Waals surface area (Å²) in [5, 5.41) is 15.6. The molecule has 1 aliphatic rings. The molecule has 0 saturated carbocycles. The number of rotatable bonds is 7. The zero-order valence-electron chi connectivity index (χ0n) is 17.7. The van der Waals surface area contributed by atoms with Crippen molar-refractivity contribution in [3.8, 4) is 0 Å². The first-order chi connectivity index (χ1) is 14.7. The van der Waals surface area contributed by atoms with Crippen molar-refractivity contribution in [3.63, 3.8) is 0 Å². The summed E-state index contributed by atoms with van der Waals surface area (Å²) in [5.74, 6) is -2.39. The van der Waals surface area contributed by atoms with Crippen LogP contribution in [-0.4, -0.2) is 60.0 Å². The number of ketones is 1. The molecular formula is C23H26N2O5S. The molecule has 2 aromatic rings. The number of para-hydroxylation sites is 2. The second-order valence-corrected chi connectivity index (χ2v) is 8.18. The van der Waals surface area contributed by atoms with Crippen molar-refractivity contribution in [2.75, 3.05) is 32.1 Å². The van der Waals surface area contributed by atoms with E-state index in [2.05, 4.69) is 54.2 Å². The number of aliphatic carboxylic acids is 2. The van der Waals surface area contributed by atoms with Gasteiger partial charge in [-0.15, -0.1) is 0 Å². The summed E-state index contributed by atoms with van der Waals surface area (Å²) in [5.41, 5.74) is 3.09. The Morgan fingerprint density at radius 1 is 0.968 bits per heavy atom. The van der Waals surface area contributed by atoms with Crippen LogP contribution >= 0.6 is 11.8 Å². The standard InChI is InChI=1S/C19H22N2OS.C4H4O4/c1-14(22)15-8-6-11-18-19(15)21(13-7-12-20(2)3)16-9-4-5-10-17(16)23-18;5-3(6)1-2-4(7)8/h4-6,8-11H,7,12-13H2,1-3H3;1-2H,(H,5,6)(H,7,8)/b;2-1-. The molecule has 0 unspecified atom stereocenters. The highest BCUT2D eigenvalue weighted by molar-refractivity contribution is 7.99. The fraction of sp³-hybridized carbons (Fsp3) is 0.261. The van der Waals surface area contributed by atoms with E-state index in [1.807, 2.05) is 12.1 Å². The molecule has 0 saturated heterocycles. The van der Waals surface area contributed by atoms with Gasteiger partial charge < -0.3 is 20.0 Å². The molecule has 164 valence electrons. The third-order valence-electron chi connectivity index (χ3n) is 4.38. The molecule has 7 nitrogen and oxygen atoms in total. The van der Waals surface area contributed by atoms with Crippen LogP contribution in [0.25, 0.3) is 0 Å². The van der Waals surface area contributed by atoms with Crippen molar-refractivity contribution in [2.45, 2.75) is 23.1 Å². The van der Waals surface area contributed by atoms with Crippen molar-refractivity contribution >= 4 is 40.9 Å². The maximum absolute atomic E-state index is 12.1. The molecule has 0 radical (unpaired) electrons. The zero-order chi connectivity index (χ0) is 23.0. The van der Waals surface area contributed by atoms with Gasteiger partial charge in [-0.05, 0) is 58.3 Å². The van der Waals surface area contributed by atoms with Gasteiger partial charge in [-0.25, -0.2) is 9.59 Å². The number of hydrogen-bond acceptors (Lipinski definition) is 6. The third-order valence-corrected chi connectivity index (χ3v) is 5.49. The van der Waals surface area contributed by atoms with Gasteiger partial charge in [-0.3, -0.25) is 4.79 Å². The van der Waals surface area contributed by atoms with Crippen LogP contribution in [0.2, 0.25) is 0 Å². The van der Waals surface area contributed by atoms with Gasteiger partial charge in [0.15, 0.2) is 5.78 Å². The van der Waals surface area contributed by atoms with Crippen molar-refractivity contribution in [1.82, 2.24) is 4.90 Å².